The van der Waals surface area contributed by atoms with E-state index < -0.39 is 0 Å². The van der Waals surface area contributed by atoms with Gasteiger partial charge >= 0.3 is 0 Å². The second-order valence-corrected chi connectivity index (χ2v) is 6.30. The number of benzene rings is 1. The Morgan fingerprint density at radius 1 is 1.47 bits per heavy atom. The van der Waals surface area contributed by atoms with Gasteiger partial charge in [-0.1, -0.05) is 17.7 Å². The van der Waals surface area contributed by atoms with Gasteiger partial charge < -0.3 is 10.5 Å². The molecule has 1 fully saturated rings. The highest BCUT2D eigenvalue weighted by Gasteiger charge is 2.29. The fraction of sp³-hybridized carbons (Fsp3) is 0.357. The smallest absolute Gasteiger partial charge is 0.180 e. The lowest BCUT2D eigenvalue weighted by atomic mass is 10.1. The maximum absolute atomic E-state index is 6.15. The van der Waals surface area contributed by atoms with E-state index in [0.717, 1.165) is 12.0 Å². The minimum atomic E-state index is 0.622. The molecule has 1 aliphatic rings. The molecule has 0 radical (unpaired) electrons. The molecule has 2 aromatic rings. The molecule has 1 saturated carbocycles. The van der Waals surface area contributed by atoms with Gasteiger partial charge in [0.2, 0.25) is 0 Å². The van der Waals surface area contributed by atoms with Crippen LogP contribution in [0.15, 0.2) is 18.2 Å². The summed E-state index contributed by atoms with van der Waals surface area (Å²) >= 11 is 7.74. The summed E-state index contributed by atoms with van der Waals surface area (Å²) in [6.45, 7) is 0. The van der Waals surface area contributed by atoms with Gasteiger partial charge in [-0.05, 0) is 30.5 Å². The third-order valence-electron chi connectivity index (χ3n) is 3.29. The van der Waals surface area contributed by atoms with Crippen LogP contribution >= 0.6 is 22.9 Å². The molecule has 0 saturated heterocycles. The van der Waals surface area contributed by atoms with E-state index in [1.54, 1.807) is 18.4 Å². The summed E-state index contributed by atoms with van der Waals surface area (Å²) < 4.78 is 5.16. The Kier molecular flexibility index (Phi) is 3.37. The lowest BCUT2D eigenvalue weighted by molar-refractivity contribution is 0.415. The van der Waals surface area contributed by atoms with Crippen molar-refractivity contribution < 1.29 is 4.74 Å². The molecule has 2 N–H and O–H groups in total. The van der Waals surface area contributed by atoms with Crippen LogP contribution in [0.4, 0.5) is 5.13 Å². The Balaban J connectivity index is 1.86. The zero-order valence-electron chi connectivity index (χ0n) is 10.6. The highest BCUT2D eigenvalue weighted by Crippen LogP contribution is 2.43. The van der Waals surface area contributed by atoms with Gasteiger partial charge in [0.1, 0.15) is 5.75 Å². The van der Waals surface area contributed by atoms with Crippen LogP contribution in [0.1, 0.15) is 34.9 Å². The molecule has 3 nitrogen and oxygen atoms in total. The van der Waals surface area contributed by atoms with Gasteiger partial charge in [-0.15, -0.1) is 11.3 Å². The Morgan fingerprint density at radius 2 is 2.26 bits per heavy atom. The molecule has 19 heavy (non-hydrogen) atoms. The molecule has 0 bridgehead atoms. The van der Waals surface area contributed by atoms with Crippen molar-refractivity contribution in [2.45, 2.75) is 25.2 Å². The molecule has 0 aliphatic heterocycles. The quantitative estimate of drug-likeness (QED) is 0.931. The average molecular weight is 295 g/mol. The molecule has 0 unspecified atom stereocenters. The molecular weight excluding hydrogens is 280 g/mol. The minimum absolute atomic E-state index is 0.622. The highest BCUT2D eigenvalue weighted by molar-refractivity contribution is 7.15. The number of anilines is 1. The Hall–Kier alpha value is -1.26. The van der Waals surface area contributed by atoms with E-state index in [1.165, 1.54) is 23.4 Å². The van der Waals surface area contributed by atoms with Crippen LogP contribution in [0.25, 0.3) is 0 Å². The Morgan fingerprint density at radius 3 is 2.89 bits per heavy atom. The van der Waals surface area contributed by atoms with Crippen molar-refractivity contribution >= 4 is 28.1 Å². The van der Waals surface area contributed by atoms with E-state index in [4.69, 9.17) is 22.1 Å². The largest absolute Gasteiger partial charge is 0.495 e. The van der Waals surface area contributed by atoms with Crippen LogP contribution in [-0.2, 0) is 6.42 Å². The summed E-state index contributed by atoms with van der Waals surface area (Å²) in [5, 5.41) is 1.31. The Labute approximate surface area is 121 Å². The van der Waals surface area contributed by atoms with E-state index >= 15 is 0 Å². The van der Waals surface area contributed by atoms with Gasteiger partial charge in [0, 0.05) is 17.2 Å². The monoisotopic (exact) mass is 294 g/mol. The predicted octanol–water partition coefficient (Wildman–Crippen LogP) is 3.86. The van der Waals surface area contributed by atoms with Crippen LogP contribution in [-0.4, -0.2) is 12.1 Å². The summed E-state index contributed by atoms with van der Waals surface area (Å²) in [5.74, 6) is 1.33. The first-order chi connectivity index (χ1) is 9.17. The van der Waals surface area contributed by atoms with Crippen molar-refractivity contribution in [1.82, 2.24) is 4.98 Å². The lowest BCUT2D eigenvalue weighted by Gasteiger charge is -2.06. The van der Waals surface area contributed by atoms with Gasteiger partial charge in [0.05, 0.1) is 17.8 Å². The van der Waals surface area contributed by atoms with Crippen molar-refractivity contribution in [3.05, 3.63) is 39.4 Å². The zero-order valence-corrected chi connectivity index (χ0v) is 12.2. The predicted molar refractivity (Wildman–Crippen MR) is 79.3 cm³/mol. The van der Waals surface area contributed by atoms with E-state index in [-0.39, 0.29) is 0 Å². The van der Waals surface area contributed by atoms with Gasteiger partial charge in [-0.2, -0.15) is 0 Å². The summed E-state index contributed by atoms with van der Waals surface area (Å²) in [7, 11) is 1.62. The molecule has 1 aromatic carbocycles. The molecule has 100 valence electrons. The first-order valence-electron chi connectivity index (χ1n) is 6.25. The number of hydrogen-bond donors (Lipinski definition) is 1. The van der Waals surface area contributed by atoms with E-state index in [0.29, 0.717) is 21.8 Å². The normalized spacial score (nSPS) is 14.6. The zero-order chi connectivity index (χ0) is 13.4. The molecule has 5 heteroatoms. The fourth-order valence-corrected chi connectivity index (χ4v) is 3.42. The van der Waals surface area contributed by atoms with Crippen LogP contribution in [0, 0.1) is 0 Å². The fourth-order valence-electron chi connectivity index (χ4n) is 2.19. The SMILES string of the molecule is COc1ccc(Cc2sc(N)nc2C2CC2)cc1Cl. The number of hydrogen-bond acceptors (Lipinski definition) is 4. The third kappa shape index (κ3) is 2.69. The number of rotatable bonds is 4. The molecular formula is C14H15ClN2OS. The first-order valence-corrected chi connectivity index (χ1v) is 7.44. The van der Waals surface area contributed by atoms with Crippen molar-refractivity contribution in [3.63, 3.8) is 0 Å². The number of aromatic nitrogens is 1. The van der Waals surface area contributed by atoms with E-state index in [1.807, 2.05) is 18.2 Å². The second-order valence-electron chi connectivity index (χ2n) is 4.78. The molecule has 0 spiro atoms. The number of ether oxygens (including phenoxy) is 1. The third-order valence-corrected chi connectivity index (χ3v) is 4.48. The maximum Gasteiger partial charge on any atom is 0.180 e. The number of nitrogens with two attached hydrogens (primary N) is 1. The van der Waals surface area contributed by atoms with E-state index in [9.17, 15) is 0 Å². The molecule has 0 atom stereocenters. The van der Waals surface area contributed by atoms with Gasteiger partial charge in [0.25, 0.3) is 0 Å². The number of halogens is 1. The topological polar surface area (TPSA) is 48.1 Å². The molecule has 1 heterocycles. The molecule has 1 aliphatic carbocycles. The first kappa shape index (κ1) is 12.8. The van der Waals surface area contributed by atoms with Crippen molar-refractivity contribution in [2.24, 2.45) is 0 Å². The van der Waals surface area contributed by atoms with Crippen molar-refractivity contribution in [1.29, 1.82) is 0 Å². The molecule has 0 amide bonds. The standard InChI is InChI=1S/C14H15ClN2OS/c1-18-11-5-2-8(6-10(11)15)7-12-13(9-3-4-9)17-14(16)19-12/h2,5-6,9H,3-4,7H2,1H3,(H2,16,17). The second kappa shape index (κ2) is 5.02. The van der Waals surface area contributed by atoms with Crippen molar-refractivity contribution in [2.75, 3.05) is 12.8 Å². The summed E-state index contributed by atoms with van der Waals surface area (Å²) in [5.41, 5.74) is 8.19. The molecule has 1 aromatic heterocycles. The Bertz CT molecular complexity index is 607. The maximum atomic E-state index is 6.15. The molecule has 3 rings (SSSR count). The highest BCUT2D eigenvalue weighted by atomic mass is 35.5. The van der Waals surface area contributed by atoms with Crippen LogP contribution in [0.5, 0.6) is 5.75 Å². The number of nitrogen functional groups attached to an aromatic ring is 1. The number of nitrogens with zero attached hydrogens (tertiary/aromatic N) is 1. The summed E-state index contributed by atoms with van der Waals surface area (Å²) in [4.78, 5) is 5.73. The van der Waals surface area contributed by atoms with Crippen molar-refractivity contribution in [3.8, 4) is 5.75 Å². The van der Waals surface area contributed by atoms with E-state index in [2.05, 4.69) is 4.98 Å². The van der Waals surface area contributed by atoms with Gasteiger partial charge in [-0.3, -0.25) is 0 Å². The summed E-state index contributed by atoms with van der Waals surface area (Å²) in [6, 6.07) is 5.89. The van der Waals surface area contributed by atoms with Gasteiger partial charge in [-0.25, -0.2) is 4.98 Å². The van der Waals surface area contributed by atoms with Crippen LogP contribution in [0.3, 0.4) is 0 Å². The van der Waals surface area contributed by atoms with Gasteiger partial charge in [0.15, 0.2) is 5.13 Å². The van der Waals surface area contributed by atoms with Crippen LogP contribution < -0.4 is 10.5 Å². The van der Waals surface area contributed by atoms with Crippen LogP contribution in [0.2, 0.25) is 5.02 Å². The number of methoxy groups -OCH3 is 1. The number of thiazole rings is 1. The average Bonchev–Trinajstić information content (AvgIpc) is 3.15. The minimum Gasteiger partial charge on any atom is -0.495 e. The lowest BCUT2D eigenvalue weighted by Crippen LogP contribution is -1.92. The summed E-state index contributed by atoms with van der Waals surface area (Å²) in [6.07, 6.45) is 3.31.